The number of nitrogens with two attached hydrogens (primary N) is 1. The third-order valence-corrected chi connectivity index (χ3v) is 5.79. The molecule has 0 radical (unpaired) electrons. The maximum absolute atomic E-state index is 13.6. The molecule has 0 aliphatic carbocycles. The Balaban J connectivity index is 2.18. The summed E-state index contributed by atoms with van der Waals surface area (Å²) in [7, 11) is -4.22. The van der Waals surface area contributed by atoms with E-state index >= 15 is 0 Å². The summed E-state index contributed by atoms with van der Waals surface area (Å²) in [5.74, 6) is -0.606. The fourth-order valence-corrected chi connectivity index (χ4v) is 4.43. The number of fused-ring (bicyclic) bond motifs is 1. The summed E-state index contributed by atoms with van der Waals surface area (Å²) in [4.78, 5) is 9.96. The molecule has 0 amide bonds. The quantitative estimate of drug-likeness (QED) is 0.675. The number of para-hydroxylation sites is 1. The molecule has 0 aromatic heterocycles. The molecule has 3 rings (SSSR count). The van der Waals surface area contributed by atoms with Gasteiger partial charge in [0.05, 0.1) is 10.6 Å². The number of sulfonamides is 1. The van der Waals surface area contributed by atoms with Gasteiger partial charge in [-0.2, -0.15) is 0 Å². The Kier molecular flexibility index (Phi) is 3.98. The Morgan fingerprint density at radius 2 is 1.96 bits per heavy atom. The van der Waals surface area contributed by atoms with E-state index in [0.717, 1.165) is 16.4 Å². The summed E-state index contributed by atoms with van der Waals surface area (Å²) in [5.41, 5.74) is 6.05. The number of nitrogens with zero attached hydrogens (tertiary/aromatic N) is 2. The Morgan fingerprint density at radius 1 is 1.25 bits per heavy atom. The second kappa shape index (κ2) is 5.84. The minimum absolute atomic E-state index is 0.0198. The molecule has 0 spiro atoms. The first-order valence-electron chi connectivity index (χ1n) is 7.13. The summed E-state index contributed by atoms with van der Waals surface area (Å²) in [6.45, 7) is 0.0198. The van der Waals surface area contributed by atoms with Gasteiger partial charge in [0.1, 0.15) is 5.82 Å². The van der Waals surface area contributed by atoms with Crippen LogP contribution in [0.15, 0.2) is 47.4 Å². The number of nitro groups is 1. The van der Waals surface area contributed by atoms with E-state index in [1.165, 1.54) is 30.3 Å². The summed E-state index contributed by atoms with van der Waals surface area (Å²) >= 11 is 0. The molecule has 0 fully saturated rings. The highest BCUT2D eigenvalue weighted by atomic mass is 32.2. The number of hydrogen-bond acceptors (Lipinski definition) is 5. The first-order valence-corrected chi connectivity index (χ1v) is 8.57. The molecule has 2 aromatic rings. The molecule has 1 heterocycles. The van der Waals surface area contributed by atoms with Gasteiger partial charge in [-0.25, -0.2) is 12.8 Å². The maximum atomic E-state index is 13.6. The average molecular weight is 351 g/mol. The van der Waals surface area contributed by atoms with Gasteiger partial charge in [-0.1, -0.05) is 18.2 Å². The zero-order valence-electron chi connectivity index (χ0n) is 12.4. The number of nitro benzene ring substituents is 1. The second-order valence-electron chi connectivity index (χ2n) is 5.40. The van der Waals surface area contributed by atoms with Gasteiger partial charge in [-0.05, 0) is 30.2 Å². The van der Waals surface area contributed by atoms with Crippen LogP contribution in [0.5, 0.6) is 0 Å². The molecule has 1 unspecified atom stereocenters. The fourth-order valence-electron chi connectivity index (χ4n) is 2.77. The van der Waals surface area contributed by atoms with Crippen molar-refractivity contribution >= 4 is 21.4 Å². The van der Waals surface area contributed by atoms with Gasteiger partial charge >= 0.3 is 0 Å². The van der Waals surface area contributed by atoms with E-state index in [9.17, 15) is 22.9 Å². The van der Waals surface area contributed by atoms with E-state index in [2.05, 4.69) is 0 Å². The third kappa shape index (κ3) is 2.61. The third-order valence-electron chi connectivity index (χ3n) is 3.93. The molecule has 0 saturated carbocycles. The standard InChI is InChI=1S/C15H14FN3O4S/c16-10-5-6-11-12(17)7-8-18(14(11)9-10)24(22,23)15-4-2-1-3-13(15)19(20)21/h1-6,9,12H,7-8,17H2. The molecule has 1 aliphatic heterocycles. The highest BCUT2D eigenvalue weighted by molar-refractivity contribution is 7.93. The molecule has 1 atom stereocenters. The van der Waals surface area contributed by atoms with E-state index in [0.29, 0.717) is 12.0 Å². The van der Waals surface area contributed by atoms with Crippen molar-refractivity contribution in [1.29, 1.82) is 0 Å². The zero-order chi connectivity index (χ0) is 17.5. The van der Waals surface area contributed by atoms with E-state index in [4.69, 9.17) is 5.73 Å². The van der Waals surface area contributed by atoms with Crippen LogP contribution in [0.4, 0.5) is 15.8 Å². The highest BCUT2D eigenvalue weighted by Gasteiger charge is 2.36. The second-order valence-corrected chi connectivity index (χ2v) is 7.23. The Morgan fingerprint density at radius 3 is 2.67 bits per heavy atom. The van der Waals surface area contributed by atoms with E-state index in [-0.39, 0.29) is 12.2 Å². The van der Waals surface area contributed by atoms with Crippen molar-refractivity contribution in [3.8, 4) is 0 Å². The summed E-state index contributed by atoms with van der Waals surface area (Å²) < 4.78 is 40.5. The van der Waals surface area contributed by atoms with Crippen LogP contribution in [-0.2, 0) is 10.0 Å². The van der Waals surface area contributed by atoms with Gasteiger partial charge in [-0.3, -0.25) is 14.4 Å². The van der Waals surface area contributed by atoms with Crippen LogP contribution in [0, 0.1) is 15.9 Å². The van der Waals surface area contributed by atoms with E-state index in [1.807, 2.05) is 0 Å². The molecule has 24 heavy (non-hydrogen) atoms. The Labute approximate surface area is 137 Å². The van der Waals surface area contributed by atoms with Crippen LogP contribution < -0.4 is 10.0 Å². The molecular weight excluding hydrogens is 337 g/mol. The molecule has 9 heteroatoms. The lowest BCUT2D eigenvalue weighted by atomic mass is 9.99. The van der Waals surface area contributed by atoms with Gasteiger partial charge in [0.2, 0.25) is 0 Å². The van der Waals surface area contributed by atoms with Crippen molar-refractivity contribution in [3.05, 3.63) is 64.0 Å². The van der Waals surface area contributed by atoms with Crippen molar-refractivity contribution in [1.82, 2.24) is 0 Å². The lowest BCUT2D eigenvalue weighted by Gasteiger charge is -2.33. The number of anilines is 1. The minimum Gasteiger partial charge on any atom is -0.324 e. The number of rotatable bonds is 3. The van der Waals surface area contributed by atoms with E-state index in [1.54, 1.807) is 0 Å². The molecule has 0 bridgehead atoms. The summed E-state index contributed by atoms with van der Waals surface area (Å²) in [6, 6.07) is 8.39. The van der Waals surface area contributed by atoms with Crippen molar-refractivity contribution in [2.45, 2.75) is 17.4 Å². The fraction of sp³-hybridized carbons (Fsp3) is 0.200. The predicted octanol–water partition coefficient (Wildman–Crippen LogP) is 2.33. The lowest BCUT2D eigenvalue weighted by molar-refractivity contribution is -0.387. The molecule has 2 N–H and O–H groups in total. The Hall–Kier alpha value is -2.52. The van der Waals surface area contributed by atoms with Crippen molar-refractivity contribution in [3.63, 3.8) is 0 Å². The van der Waals surface area contributed by atoms with E-state index < -0.39 is 37.4 Å². The van der Waals surface area contributed by atoms with Crippen LogP contribution in [-0.4, -0.2) is 19.9 Å². The Bertz CT molecular complexity index is 917. The lowest BCUT2D eigenvalue weighted by Crippen LogP contribution is -2.38. The van der Waals surface area contributed by atoms with Gasteiger partial charge in [-0.15, -0.1) is 0 Å². The van der Waals surface area contributed by atoms with Crippen LogP contribution in [0.1, 0.15) is 18.0 Å². The average Bonchev–Trinajstić information content (AvgIpc) is 2.54. The zero-order valence-corrected chi connectivity index (χ0v) is 13.2. The normalized spacial score (nSPS) is 17.4. The van der Waals surface area contributed by atoms with Crippen LogP contribution in [0.25, 0.3) is 0 Å². The van der Waals surface area contributed by atoms with Crippen LogP contribution >= 0.6 is 0 Å². The van der Waals surface area contributed by atoms with Crippen LogP contribution in [0.2, 0.25) is 0 Å². The van der Waals surface area contributed by atoms with Gasteiger partial charge in [0.25, 0.3) is 15.7 Å². The first kappa shape index (κ1) is 16.3. The maximum Gasteiger partial charge on any atom is 0.289 e. The molecule has 7 nitrogen and oxygen atoms in total. The van der Waals surface area contributed by atoms with Gasteiger partial charge in [0.15, 0.2) is 4.90 Å². The SMILES string of the molecule is NC1CCN(S(=O)(=O)c2ccccc2[N+](=O)[O-])c2cc(F)ccc21. The number of halogens is 1. The van der Waals surface area contributed by atoms with Gasteiger partial charge in [0, 0.05) is 18.7 Å². The van der Waals surface area contributed by atoms with Crippen molar-refractivity contribution in [2.24, 2.45) is 5.73 Å². The molecule has 2 aromatic carbocycles. The molecule has 126 valence electrons. The smallest absolute Gasteiger partial charge is 0.289 e. The minimum atomic E-state index is -4.22. The largest absolute Gasteiger partial charge is 0.324 e. The van der Waals surface area contributed by atoms with Gasteiger partial charge < -0.3 is 5.73 Å². The molecular formula is C15H14FN3O4S. The highest BCUT2D eigenvalue weighted by Crippen LogP contribution is 2.38. The first-order chi connectivity index (χ1) is 11.3. The summed E-state index contributed by atoms with van der Waals surface area (Å²) in [6.07, 6.45) is 0.332. The molecule has 0 saturated heterocycles. The number of hydrogen-bond donors (Lipinski definition) is 1. The van der Waals surface area contributed by atoms with Crippen molar-refractivity contribution < 1.29 is 17.7 Å². The topological polar surface area (TPSA) is 107 Å². The molecule has 1 aliphatic rings. The van der Waals surface area contributed by atoms with Crippen LogP contribution in [0.3, 0.4) is 0 Å². The van der Waals surface area contributed by atoms with Crippen molar-refractivity contribution in [2.75, 3.05) is 10.8 Å². The summed E-state index contributed by atoms with van der Waals surface area (Å²) in [5, 5.41) is 11.1. The monoisotopic (exact) mass is 351 g/mol. The predicted molar refractivity (Wildman–Crippen MR) is 85.6 cm³/mol. The number of benzene rings is 2.